The molecule has 0 spiro atoms. The Morgan fingerprint density at radius 1 is 1.00 bits per heavy atom. The van der Waals surface area contributed by atoms with Crippen molar-refractivity contribution in [3.05, 3.63) is 78.1 Å². The minimum atomic E-state index is -0.826. The van der Waals surface area contributed by atoms with Gasteiger partial charge in [0, 0.05) is 6.42 Å². The lowest BCUT2D eigenvalue weighted by molar-refractivity contribution is -0.135. The summed E-state index contributed by atoms with van der Waals surface area (Å²) in [4.78, 5) is 47.3. The van der Waals surface area contributed by atoms with Gasteiger partial charge in [0.15, 0.2) is 0 Å². The second-order valence-corrected chi connectivity index (χ2v) is 15.5. The molecule has 5 heterocycles. The number of fused-ring (bicyclic) bond motifs is 1. The number of H-pyrrole nitrogens is 1. The quantitative estimate of drug-likeness (QED) is 0.172. The lowest BCUT2D eigenvalue weighted by atomic mass is 9.79. The molecule has 2 saturated heterocycles. The number of thiophene rings is 1. The zero-order valence-electron chi connectivity index (χ0n) is 30.4. The van der Waals surface area contributed by atoms with Gasteiger partial charge >= 0.3 is 13.2 Å². The molecule has 14 heteroatoms. The van der Waals surface area contributed by atoms with Gasteiger partial charge in [-0.15, -0.1) is 11.3 Å². The maximum absolute atomic E-state index is 14.3. The first-order valence-electron chi connectivity index (χ1n) is 17.5. The topological polar surface area (TPSA) is 141 Å². The monoisotopic (exact) mass is 722 g/mol. The minimum absolute atomic E-state index is 0.210. The number of alkyl carbamates (subject to hydrolysis) is 1. The van der Waals surface area contributed by atoms with Crippen LogP contribution in [0.5, 0.6) is 5.88 Å². The molecule has 3 aromatic heterocycles. The third-order valence-electron chi connectivity index (χ3n) is 10.2. The number of nitrogens with one attached hydrogen (secondary N) is 2. The zero-order valence-corrected chi connectivity index (χ0v) is 31.2. The SMILES string of the molecule is COC(=O)NC(C(=O)N1CC(Oc2nc3ccccc3nc2-c2cccs2)CC1c1ncc(-c2ccc(B3OC(C)(C)C(C)(C)O3)cc2)[nH]1)C(C)C. The van der Waals surface area contributed by atoms with Crippen LogP contribution >= 0.6 is 11.3 Å². The van der Waals surface area contributed by atoms with Crippen LogP contribution in [0.25, 0.3) is 32.9 Å². The van der Waals surface area contributed by atoms with Gasteiger partial charge in [0.2, 0.25) is 11.8 Å². The molecule has 5 aromatic rings. The van der Waals surface area contributed by atoms with Crippen LogP contribution in [0.2, 0.25) is 0 Å². The second kappa shape index (κ2) is 14.0. The van der Waals surface area contributed by atoms with Crippen LogP contribution in [0, 0.1) is 5.92 Å². The molecular weight excluding hydrogens is 679 g/mol. The summed E-state index contributed by atoms with van der Waals surface area (Å²) in [7, 11) is 0.813. The Balaban J connectivity index is 1.18. The average Bonchev–Trinajstić information content (AvgIpc) is 3.93. The van der Waals surface area contributed by atoms with Gasteiger partial charge in [0.05, 0.1) is 58.7 Å². The van der Waals surface area contributed by atoms with Gasteiger partial charge in [-0.05, 0) is 68.2 Å². The number of benzene rings is 2. The summed E-state index contributed by atoms with van der Waals surface area (Å²) in [6.07, 6.45) is 1.08. The molecule has 0 bridgehead atoms. The number of rotatable bonds is 9. The number of amides is 2. The number of imidazole rings is 1. The maximum Gasteiger partial charge on any atom is 0.494 e. The fraction of sp³-hybridized carbons (Fsp3) is 0.395. The number of methoxy groups -OCH3 is 1. The number of aromatic amines is 1. The number of hydrogen-bond acceptors (Lipinski definition) is 10. The first kappa shape index (κ1) is 35.6. The zero-order chi connectivity index (χ0) is 36.8. The summed E-state index contributed by atoms with van der Waals surface area (Å²) in [5.41, 5.74) is 3.88. The van der Waals surface area contributed by atoms with E-state index in [9.17, 15) is 9.59 Å². The van der Waals surface area contributed by atoms with Crippen molar-refractivity contribution in [1.29, 1.82) is 0 Å². The van der Waals surface area contributed by atoms with Crippen LogP contribution in [0.4, 0.5) is 4.79 Å². The highest BCUT2D eigenvalue weighted by atomic mass is 32.1. The summed E-state index contributed by atoms with van der Waals surface area (Å²) >= 11 is 1.55. The molecule has 2 amide bonds. The van der Waals surface area contributed by atoms with E-state index < -0.39 is 42.6 Å². The molecule has 2 aliphatic heterocycles. The van der Waals surface area contributed by atoms with E-state index in [2.05, 4.69) is 10.3 Å². The van der Waals surface area contributed by atoms with Gasteiger partial charge in [-0.1, -0.05) is 56.3 Å². The van der Waals surface area contributed by atoms with Crippen molar-refractivity contribution >= 4 is 47.0 Å². The summed E-state index contributed by atoms with van der Waals surface area (Å²) < 4.78 is 24.0. The molecule has 52 heavy (non-hydrogen) atoms. The van der Waals surface area contributed by atoms with Gasteiger partial charge in [-0.3, -0.25) is 4.79 Å². The van der Waals surface area contributed by atoms with E-state index in [1.54, 1.807) is 22.4 Å². The van der Waals surface area contributed by atoms with Crippen molar-refractivity contribution < 1.29 is 28.4 Å². The Morgan fingerprint density at radius 2 is 1.69 bits per heavy atom. The highest BCUT2D eigenvalue weighted by Gasteiger charge is 2.51. The van der Waals surface area contributed by atoms with E-state index in [0.717, 1.165) is 27.1 Å². The van der Waals surface area contributed by atoms with E-state index in [-0.39, 0.29) is 18.4 Å². The lowest BCUT2D eigenvalue weighted by Crippen LogP contribution is -2.51. The molecule has 0 aliphatic carbocycles. The summed E-state index contributed by atoms with van der Waals surface area (Å²) in [6.45, 7) is 12.1. The molecular formula is C38H43BN6O6S. The molecule has 0 radical (unpaired) electrons. The number of aromatic nitrogens is 4. The minimum Gasteiger partial charge on any atom is -0.471 e. The molecule has 0 saturated carbocycles. The van der Waals surface area contributed by atoms with E-state index in [4.69, 9.17) is 33.7 Å². The van der Waals surface area contributed by atoms with Gasteiger partial charge in [-0.25, -0.2) is 19.7 Å². The first-order chi connectivity index (χ1) is 24.8. The molecule has 2 fully saturated rings. The predicted octanol–water partition coefficient (Wildman–Crippen LogP) is 6.15. The number of likely N-dealkylation sites (tertiary alicyclic amines) is 1. The fourth-order valence-electron chi connectivity index (χ4n) is 6.51. The Bertz CT molecular complexity index is 2050. The van der Waals surface area contributed by atoms with Gasteiger partial charge in [0.1, 0.15) is 23.7 Å². The van der Waals surface area contributed by atoms with Gasteiger partial charge < -0.3 is 34.0 Å². The number of carbonyl (C=O) groups excluding carboxylic acids is 2. The summed E-state index contributed by atoms with van der Waals surface area (Å²) in [5, 5.41) is 4.72. The van der Waals surface area contributed by atoms with Crippen molar-refractivity contribution in [2.24, 2.45) is 5.92 Å². The van der Waals surface area contributed by atoms with Crippen molar-refractivity contribution in [3.8, 4) is 27.7 Å². The third kappa shape index (κ3) is 6.90. The van der Waals surface area contributed by atoms with Crippen LogP contribution < -0.4 is 15.5 Å². The van der Waals surface area contributed by atoms with Crippen molar-refractivity contribution in [2.45, 2.75) is 77.4 Å². The number of ether oxygens (including phenoxy) is 2. The average molecular weight is 723 g/mol. The van der Waals surface area contributed by atoms with Crippen LogP contribution in [0.1, 0.15) is 59.8 Å². The van der Waals surface area contributed by atoms with Crippen molar-refractivity contribution in [2.75, 3.05) is 13.7 Å². The van der Waals surface area contributed by atoms with E-state index in [0.29, 0.717) is 29.3 Å². The summed E-state index contributed by atoms with van der Waals surface area (Å²) in [5.74, 6) is 0.533. The molecule has 2 N–H and O–H groups in total. The normalized spacial score (nSPS) is 20.0. The predicted molar refractivity (Wildman–Crippen MR) is 200 cm³/mol. The number of hydrogen-bond donors (Lipinski definition) is 2. The number of carbonyl (C=O) groups is 2. The van der Waals surface area contributed by atoms with Crippen LogP contribution in [0.15, 0.2) is 72.2 Å². The van der Waals surface area contributed by atoms with Crippen LogP contribution in [-0.2, 0) is 18.8 Å². The molecule has 2 aliphatic rings. The smallest absolute Gasteiger partial charge is 0.471 e. The van der Waals surface area contributed by atoms with E-state index in [1.165, 1.54) is 7.11 Å². The van der Waals surface area contributed by atoms with E-state index in [1.807, 2.05) is 108 Å². The molecule has 3 atom stereocenters. The highest BCUT2D eigenvalue weighted by molar-refractivity contribution is 7.13. The summed E-state index contributed by atoms with van der Waals surface area (Å²) in [6, 6.07) is 18.3. The molecule has 2 aromatic carbocycles. The third-order valence-corrected chi connectivity index (χ3v) is 11.0. The molecule has 7 rings (SSSR count). The Hall–Kier alpha value is -4.79. The molecule has 12 nitrogen and oxygen atoms in total. The van der Waals surface area contributed by atoms with Crippen LogP contribution in [0.3, 0.4) is 0 Å². The first-order valence-corrected chi connectivity index (χ1v) is 18.3. The fourth-order valence-corrected chi connectivity index (χ4v) is 7.22. The number of para-hydroxylation sites is 2. The second-order valence-electron chi connectivity index (χ2n) is 14.6. The lowest BCUT2D eigenvalue weighted by Gasteiger charge is -2.32. The van der Waals surface area contributed by atoms with Crippen molar-refractivity contribution in [3.63, 3.8) is 0 Å². The van der Waals surface area contributed by atoms with Gasteiger partial charge in [-0.2, -0.15) is 0 Å². The molecule has 3 unspecified atom stereocenters. The van der Waals surface area contributed by atoms with E-state index >= 15 is 0 Å². The largest absolute Gasteiger partial charge is 0.494 e. The maximum atomic E-state index is 14.3. The molecule has 270 valence electrons. The van der Waals surface area contributed by atoms with Gasteiger partial charge in [0.25, 0.3) is 0 Å². The highest BCUT2D eigenvalue weighted by Crippen LogP contribution is 2.39. The van der Waals surface area contributed by atoms with Crippen LogP contribution in [-0.4, -0.2) is 81.0 Å². The Kier molecular flexibility index (Phi) is 9.57. The Morgan fingerprint density at radius 3 is 2.33 bits per heavy atom. The standard InChI is InChI=1S/C38H43BN6O6S/c1-22(2)31(44-36(47)48-7)35(46)45-21-25(49-34-32(30-13-10-18-52-30)41-26-11-8-9-12-27(26)43-34)19-29(45)33-40-20-28(42-33)23-14-16-24(17-15-23)39-50-37(3,4)38(5,6)51-39/h8-18,20,22,25,29,31H,19,21H2,1-7H3,(H,40,42)(H,44,47). The van der Waals surface area contributed by atoms with Crippen molar-refractivity contribution in [1.82, 2.24) is 30.2 Å². The Labute approximate surface area is 307 Å². The number of nitrogens with zero attached hydrogens (tertiary/aromatic N) is 4.